The highest BCUT2D eigenvalue weighted by Crippen LogP contribution is 2.29. The average molecular weight is 589 g/mol. The molecule has 2 aromatic rings. The second kappa shape index (κ2) is 9.45. The molecule has 0 saturated carbocycles. The molecule has 0 heterocycles. The van der Waals surface area contributed by atoms with E-state index in [0.29, 0.717) is 16.6 Å². The van der Waals surface area contributed by atoms with Gasteiger partial charge in [0.15, 0.2) is 0 Å². The molecule has 0 amide bonds. The van der Waals surface area contributed by atoms with Gasteiger partial charge < -0.3 is 10.2 Å². The molecule has 0 spiro atoms. The lowest BCUT2D eigenvalue weighted by atomic mass is 10.2. The number of ether oxygens (including phenoxy) is 1. The van der Waals surface area contributed by atoms with E-state index in [1.165, 1.54) is 0 Å². The summed E-state index contributed by atoms with van der Waals surface area (Å²) in [6.45, 7) is 4.51. The largest absolute Gasteiger partial charge is 0.489 e. The molecule has 0 radical (unpaired) electrons. The fourth-order valence-corrected chi connectivity index (χ4v) is 4.55. The Morgan fingerprint density at radius 2 is 1.75 bits per heavy atom. The van der Waals surface area contributed by atoms with Crippen LogP contribution in [-0.2, 0) is 6.54 Å². The minimum absolute atomic E-state index is 0.147. The number of nitrogens with one attached hydrogen (secondary N) is 1. The molecule has 1 N–H and O–H groups in total. The van der Waals surface area contributed by atoms with E-state index in [1.54, 1.807) is 6.21 Å². The fourth-order valence-electron chi connectivity index (χ4n) is 1.95. The van der Waals surface area contributed by atoms with Gasteiger partial charge in [-0.2, -0.15) is 5.10 Å². The molecule has 0 unspecified atom stereocenters. The summed E-state index contributed by atoms with van der Waals surface area (Å²) in [6, 6.07) is 9.52. The van der Waals surface area contributed by atoms with Crippen LogP contribution in [0.15, 0.2) is 35.4 Å². The number of hydrogen-bond donors (Lipinski definition) is 1. The number of hydrazone groups is 1. The molecule has 0 bridgehead atoms. The van der Waals surface area contributed by atoms with Gasteiger partial charge >= 0.3 is 0 Å². The van der Waals surface area contributed by atoms with Crippen LogP contribution < -0.4 is 10.2 Å². The van der Waals surface area contributed by atoms with Gasteiger partial charge in [-0.15, -0.1) is 0 Å². The Bertz CT molecular complexity index is 708. The van der Waals surface area contributed by atoms with Crippen molar-refractivity contribution in [3.63, 3.8) is 0 Å². The summed E-state index contributed by atoms with van der Waals surface area (Å²) in [6.07, 6.45) is 1.92. The minimum atomic E-state index is 0.147. The van der Waals surface area contributed by atoms with Gasteiger partial charge in [0.1, 0.15) is 5.75 Å². The summed E-state index contributed by atoms with van der Waals surface area (Å²) in [5, 5.41) is 5.51. The first-order chi connectivity index (χ1) is 11.4. The van der Waals surface area contributed by atoms with Crippen LogP contribution >= 0.6 is 68.4 Å². The maximum atomic E-state index is 6.13. The topological polar surface area (TPSA) is 33.6 Å². The zero-order valence-electron chi connectivity index (χ0n) is 13.1. The van der Waals surface area contributed by atoms with Crippen molar-refractivity contribution < 1.29 is 4.74 Å². The Balaban J connectivity index is 2.05. The number of halogens is 4. The first-order valence-corrected chi connectivity index (χ1v) is 10.1. The Morgan fingerprint density at radius 1 is 1.17 bits per heavy atom. The lowest BCUT2D eigenvalue weighted by Crippen LogP contribution is -2.09. The molecule has 0 atom stereocenters. The highest BCUT2D eigenvalue weighted by atomic mass is 127. The molecule has 0 aromatic heterocycles. The molecule has 0 fully saturated rings. The van der Waals surface area contributed by atoms with Crippen molar-refractivity contribution in [2.75, 3.05) is 0 Å². The summed E-state index contributed by atoms with van der Waals surface area (Å²) in [7, 11) is 0. The smallest absolute Gasteiger partial charge is 0.146 e. The van der Waals surface area contributed by atoms with Crippen molar-refractivity contribution in [2.45, 2.75) is 26.5 Å². The highest BCUT2D eigenvalue weighted by Gasteiger charge is 2.10. The molecule has 3 nitrogen and oxygen atoms in total. The third-order valence-corrected chi connectivity index (χ3v) is 5.31. The van der Waals surface area contributed by atoms with Crippen molar-refractivity contribution in [3.05, 3.63) is 58.6 Å². The van der Waals surface area contributed by atoms with E-state index in [0.717, 1.165) is 24.0 Å². The molecule has 0 aliphatic rings. The number of benzene rings is 2. The Kier molecular flexibility index (Phi) is 7.90. The van der Waals surface area contributed by atoms with Crippen LogP contribution in [0.25, 0.3) is 0 Å². The SMILES string of the molecule is CC(C)Oc1c(I)cc(/C=N\NCc2c(Cl)cccc2Cl)cc1I. The van der Waals surface area contributed by atoms with Gasteiger partial charge in [0.05, 0.1) is 26.0 Å². The van der Waals surface area contributed by atoms with Gasteiger partial charge in [-0.3, -0.25) is 0 Å². The summed E-state index contributed by atoms with van der Waals surface area (Å²) in [4.78, 5) is 0. The predicted octanol–water partition coefficient (Wildman–Crippen LogP) is 6.11. The van der Waals surface area contributed by atoms with Gasteiger partial charge in [0.25, 0.3) is 0 Å². The van der Waals surface area contributed by atoms with Crippen molar-refractivity contribution in [1.29, 1.82) is 0 Å². The maximum Gasteiger partial charge on any atom is 0.146 e. The van der Waals surface area contributed by atoms with Crippen LogP contribution in [0.3, 0.4) is 0 Å². The molecule has 0 saturated heterocycles. The van der Waals surface area contributed by atoms with Gasteiger partial charge in [-0.1, -0.05) is 29.3 Å². The summed E-state index contributed by atoms with van der Waals surface area (Å²) >= 11 is 16.8. The van der Waals surface area contributed by atoms with E-state index < -0.39 is 0 Å². The van der Waals surface area contributed by atoms with Crippen LogP contribution in [-0.4, -0.2) is 12.3 Å². The predicted molar refractivity (Wildman–Crippen MR) is 119 cm³/mol. The first-order valence-electron chi connectivity index (χ1n) is 7.23. The van der Waals surface area contributed by atoms with Gasteiger partial charge in [0.2, 0.25) is 0 Å². The molecule has 128 valence electrons. The lowest BCUT2D eigenvalue weighted by Gasteiger charge is -2.14. The molecule has 2 rings (SSSR count). The number of hydrogen-bond acceptors (Lipinski definition) is 3. The normalized spacial score (nSPS) is 11.3. The summed E-state index contributed by atoms with van der Waals surface area (Å²) in [5.74, 6) is 0.916. The average Bonchev–Trinajstić information content (AvgIpc) is 2.49. The standard InChI is InChI=1S/C17H16Cl2I2N2O/c1-10(2)24-17-15(20)6-11(7-16(17)21)8-22-23-9-12-13(18)4-3-5-14(12)19/h3-8,10,23H,9H2,1-2H3/b22-8-. The number of nitrogens with zero attached hydrogens (tertiary/aromatic N) is 1. The molecule has 0 aliphatic heterocycles. The second-order valence-corrected chi connectivity index (χ2v) is 8.41. The molecule has 24 heavy (non-hydrogen) atoms. The van der Waals surface area contributed by atoms with E-state index in [2.05, 4.69) is 55.7 Å². The zero-order valence-corrected chi connectivity index (χ0v) is 18.9. The first kappa shape index (κ1) is 20.1. The summed E-state index contributed by atoms with van der Waals surface area (Å²) in [5.41, 5.74) is 4.82. The number of rotatable bonds is 6. The van der Waals surface area contributed by atoms with E-state index >= 15 is 0 Å². The third kappa shape index (κ3) is 5.64. The van der Waals surface area contributed by atoms with Crippen LogP contribution in [0, 0.1) is 7.14 Å². The van der Waals surface area contributed by atoms with Crippen LogP contribution in [0.2, 0.25) is 10.0 Å². The quantitative estimate of drug-likeness (QED) is 0.251. The van der Waals surface area contributed by atoms with Gasteiger partial charge in [0, 0.05) is 15.6 Å². The Hall–Kier alpha value is -0.250. The van der Waals surface area contributed by atoms with E-state index in [-0.39, 0.29) is 6.10 Å². The fraction of sp³-hybridized carbons (Fsp3) is 0.235. The third-order valence-electron chi connectivity index (χ3n) is 3.00. The molecule has 2 aromatic carbocycles. The molecule has 0 aliphatic carbocycles. The minimum Gasteiger partial charge on any atom is -0.489 e. The maximum absolute atomic E-state index is 6.13. The van der Waals surface area contributed by atoms with Crippen LogP contribution in [0.1, 0.15) is 25.0 Å². The van der Waals surface area contributed by atoms with E-state index in [1.807, 2.05) is 44.2 Å². The van der Waals surface area contributed by atoms with Gasteiger partial charge in [-0.25, -0.2) is 0 Å². The summed E-state index contributed by atoms with van der Waals surface area (Å²) < 4.78 is 7.95. The second-order valence-electron chi connectivity index (χ2n) is 5.27. The van der Waals surface area contributed by atoms with Crippen molar-refractivity contribution in [3.8, 4) is 5.75 Å². The molecule has 7 heteroatoms. The highest BCUT2D eigenvalue weighted by molar-refractivity contribution is 14.1. The van der Waals surface area contributed by atoms with E-state index in [4.69, 9.17) is 27.9 Å². The van der Waals surface area contributed by atoms with Crippen molar-refractivity contribution in [2.24, 2.45) is 5.10 Å². The van der Waals surface area contributed by atoms with Crippen LogP contribution in [0.5, 0.6) is 5.75 Å². The van der Waals surface area contributed by atoms with Gasteiger partial charge in [-0.05, 0) is 88.9 Å². The van der Waals surface area contributed by atoms with Crippen molar-refractivity contribution >= 4 is 74.6 Å². The van der Waals surface area contributed by atoms with Crippen molar-refractivity contribution in [1.82, 2.24) is 5.43 Å². The monoisotopic (exact) mass is 588 g/mol. The van der Waals surface area contributed by atoms with E-state index in [9.17, 15) is 0 Å². The Morgan fingerprint density at radius 3 is 2.29 bits per heavy atom. The molecular formula is C17H16Cl2I2N2O. The molecular weight excluding hydrogens is 573 g/mol. The zero-order chi connectivity index (χ0) is 17.7. The van der Waals surface area contributed by atoms with Crippen LogP contribution in [0.4, 0.5) is 0 Å². The Labute approximate surface area is 179 Å². The lowest BCUT2D eigenvalue weighted by molar-refractivity contribution is 0.239.